The molecule has 10 rings (SSSR count). The largest absolute Gasteiger partial charge is 1.00 e. The first-order valence-corrected chi connectivity index (χ1v) is 38.5. The Morgan fingerprint density at radius 2 is 0.761 bits per heavy atom. The van der Waals surface area contributed by atoms with Gasteiger partial charge in [-0.3, -0.25) is 24.0 Å². The molecule has 4 aliphatic rings. The molecule has 6 aromatic rings. The second-order valence-corrected chi connectivity index (χ2v) is 32.1. The van der Waals surface area contributed by atoms with E-state index in [0.29, 0.717) is 101 Å². The molecule has 9 amide bonds. The molecule has 0 unspecified atom stereocenters. The average molecular weight is 1940 g/mol. The Labute approximate surface area is 735 Å². The number of aromatic nitrogens is 8. The summed E-state index contributed by atoms with van der Waals surface area (Å²) in [4.78, 5) is 154. The molecule has 2 aromatic carbocycles. The number of amides is 9. The molecule has 642 valence electrons. The number of carbonyl (C=O) groups excluding carboxylic acids is 10. The Balaban J connectivity index is 0.000000738. The number of nitrogens with zero attached hydrogens (tertiary/aromatic N) is 12. The normalized spacial score (nSPS) is 13.8. The number of benzene rings is 2. The number of fused-ring (bicyclic) bond motifs is 4. The van der Waals surface area contributed by atoms with Gasteiger partial charge in [0.2, 0.25) is 17.7 Å². The van der Waals surface area contributed by atoms with Crippen molar-refractivity contribution in [2.24, 2.45) is 5.73 Å². The number of methoxy groups -OCH3 is 1. The van der Waals surface area contributed by atoms with E-state index in [4.69, 9.17) is 44.6 Å². The summed E-state index contributed by atoms with van der Waals surface area (Å²) in [6.45, 7) is 31.1. The van der Waals surface area contributed by atoms with Crippen molar-refractivity contribution in [3.63, 3.8) is 0 Å². The SMILES string of the molecule is CC(C)(C)OC(=O)N1CCn2c(Br)nc(C(=O)O)c2C1.CNC(=O)[C@H](C)N.CNC(=O)[C@H](C)NC(=O)c1nc(-c2ccccc2)n2c1CN(C(=O)OC(C)(C)C)CC2.CNC(=O)[C@H](C)NC(=O)c1nc(Br)n2c1CN(C(=O)OC(C)(C)C)CC2.COC(=O)c1nc(Br)n2c1CN(C(=O)OC(C)(C)C)CC2.I.OB(O)c1ccccc1.[HH].[Li+].[OH-]. The molecular formula is C73H108BBr3ILiN18O20. The van der Waals surface area contributed by atoms with E-state index in [1.54, 1.807) is 108 Å². The van der Waals surface area contributed by atoms with E-state index in [-0.39, 0.29) is 122 Å². The summed E-state index contributed by atoms with van der Waals surface area (Å²) in [6.07, 6.45) is -1.73. The molecule has 0 aliphatic carbocycles. The van der Waals surface area contributed by atoms with Crippen LogP contribution in [0.3, 0.4) is 0 Å². The zero-order valence-corrected chi connectivity index (χ0v) is 76.5. The van der Waals surface area contributed by atoms with Crippen molar-refractivity contribution in [3.8, 4) is 11.4 Å². The molecule has 0 saturated heterocycles. The molecule has 0 spiro atoms. The first kappa shape index (κ1) is 104. The van der Waals surface area contributed by atoms with Crippen molar-refractivity contribution in [1.82, 2.24) is 84.4 Å². The number of esters is 1. The van der Waals surface area contributed by atoms with Crippen LogP contribution in [0.15, 0.2) is 74.9 Å². The molecule has 38 nitrogen and oxygen atoms in total. The van der Waals surface area contributed by atoms with Crippen molar-refractivity contribution in [1.29, 1.82) is 0 Å². The number of halogens is 4. The van der Waals surface area contributed by atoms with E-state index in [9.17, 15) is 52.7 Å². The minimum atomic E-state index is -1.34. The smallest absolute Gasteiger partial charge is 0.870 e. The molecule has 3 atom stereocenters. The van der Waals surface area contributed by atoms with Gasteiger partial charge >= 0.3 is 62.3 Å². The third-order valence-electron chi connectivity index (χ3n) is 16.3. The number of hydrogen-bond acceptors (Lipinski definition) is 24. The van der Waals surface area contributed by atoms with Crippen molar-refractivity contribution in [3.05, 3.63) is 120 Å². The molecule has 4 aromatic heterocycles. The summed E-state index contributed by atoms with van der Waals surface area (Å²) in [5, 5.41) is 39.0. The minimum absolute atomic E-state index is 0. The fraction of sp³-hybridized carbons (Fsp3) is 0.521. The minimum Gasteiger partial charge on any atom is -0.870 e. The first-order valence-electron chi connectivity index (χ1n) is 36.1. The number of ether oxygens (including phenoxy) is 5. The van der Waals surface area contributed by atoms with Gasteiger partial charge in [0.25, 0.3) is 11.8 Å². The van der Waals surface area contributed by atoms with Crippen LogP contribution in [0.2, 0.25) is 0 Å². The molecule has 0 radical (unpaired) electrons. The number of carboxylic acids is 1. The molecule has 11 N–H and O–H groups in total. The van der Waals surface area contributed by atoms with Crippen LogP contribution in [0.5, 0.6) is 0 Å². The monoisotopic (exact) mass is 1940 g/mol. The predicted octanol–water partition coefficient (Wildman–Crippen LogP) is 3.84. The Hall–Kier alpha value is -8.68. The van der Waals surface area contributed by atoms with Crippen LogP contribution in [0.25, 0.3) is 11.4 Å². The number of rotatable bonds is 11. The van der Waals surface area contributed by atoms with Crippen molar-refractivity contribution in [2.75, 3.05) is 54.4 Å². The summed E-state index contributed by atoms with van der Waals surface area (Å²) in [6, 6.07) is 16.4. The molecule has 117 heavy (non-hydrogen) atoms. The molecule has 8 heterocycles. The van der Waals surface area contributed by atoms with E-state index in [0.717, 1.165) is 5.56 Å². The van der Waals surface area contributed by atoms with E-state index in [2.05, 4.69) is 94.3 Å². The van der Waals surface area contributed by atoms with Gasteiger partial charge < -0.3 is 115 Å². The zero-order valence-electron chi connectivity index (χ0n) is 69.4. The van der Waals surface area contributed by atoms with Crippen LogP contribution >= 0.6 is 71.8 Å². The Morgan fingerprint density at radius 3 is 1.05 bits per heavy atom. The van der Waals surface area contributed by atoms with E-state index in [1.165, 1.54) is 31.0 Å². The summed E-state index contributed by atoms with van der Waals surface area (Å²) in [5.41, 5.74) is 7.09. The molecular weight excluding hydrogens is 1830 g/mol. The van der Waals surface area contributed by atoms with Gasteiger partial charge in [-0.1, -0.05) is 60.7 Å². The van der Waals surface area contributed by atoms with Crippen molar-refractivity contribution < 1.29 is 117 Å². The maximum atomic E-state index is 13.0. The van der Waals surface area contributed by atoms with Crippen LogP contribution < -0.4 is 56.6 Å². The van der Waals surface area contributed by atoms with Gasteiger partial charge in [-0.25, -0.2) is 48.7 Å². The summed E-state index contributed by atoms with van der Waals surface area (Å²) < 4.78 is 35.2. The number of imidazole rings is 4. The fourth-order valence-electron chi connectivity index (χ4n) is 10.8. The quantitative estimate of drug-likeness (QED) is 0.0385. The maximum Gasteiger partial charge on any atom is 1.00 e. The number of hydrogen-bond donors (Lipinski definition) is 9. The third kappa shape index (κ3) is 31.2. The molecule has 0 fully saturated rings. The van der Waals surface area contributed by atoms with Crippen LogP contribution in [0.1, 0.15) is 170 Å². The Bertz CT molecular complexity index is 4420. The Kier molecular flexibility index (Phi) is 41.1. The number of carboxylic acid groups (broad SMARTS) is 1. The number of likely N-dealkylation sites (N-methyl/N-ethyl adjacent to an activating group) is 3. The number of carbonyl (C=O) groups is 11. The maximum absolute atomic E-state index is 13.0. The average Bonchev–Trinajstić information content (AvgIpc) is 1.62. The zero-order chi connectivity index (χ0) is 85.8. The standard InChI is InChI=1S/C22H29N5O4.C16H24BrN5O4.C13H18BrN3O4.C12H16BrN3O4.C6H7BO2.C4H10N2O.HI.Li.H2O.H2/c1-14(19(28)23-5)24-20(29)17-16-13-26(21(30)31-22(2,3)4)11-12-27(16)18(25-17)15-9-7-6-8-10-15;1-9(12(23)18-5)19-13(24)11-10-8-21(15(25)26-16(2,3)4)6-7-22(10)14(17)20-11;1-13(2,3)21-12(19)16-5-6-17-8(7-16)9(10(18)20-4)15-11(17)14;1-12(2,3)20-11(19)15-4-5-16-7(6-15)8(9(17)18)14-10(16)13;8-7(9)6-4-2-1-3-5-6;1-3(5)4(7)6-2;;;;/h6-10,14H,11-13H2,1-5H3,(H,23,28)(H,24,29);9H,6-8H2,1-5H3,(H,18,23)(H,19,24);5-7H2,1-4H3;4-6H2,1-3H3,(H,17,18);1-5,8-9H;3H,5H2,1-2H3,(H,6,7);1H;;1H2;1H/q;;;;;;;+1;;/p-1/t14-;9-;;;;3-;;;;/m00...0..../s1. The van der Waals surface area contributed by atoms with Crippen LogP contribution in [-0.2, 0) is 90.4 Å². The molecule has 0 saturated carbocycles. The second-order valence-electron chi connectivity index (χ2n) is 29.9. The van der Waals surface area contributed by atoms with E-state index >= 15 is 0 Å². The van der Waals surface area contributed by atoms with Gasteiger partial charge in [0, 0.05) is 80.5 Å². The van der Waals surface area contributed by atoms with E-state index in [1.807, 2.05) is 91.6 Å². The number of nitrogens with two attached hydrogens (primary N) is 1. The van der Waals surface area contributed by atoms with Crippen molar-refractivity contribution >= 4 is 150 Å². The fourth-order valence-corrected chi connectivity index (χ4v) is 12.5. The molecule has 0 bridgehead atoms. The summed E-state index contributed by atoms with van der Waals surface area (Å²) in [5.74, 6) is -2.64. The van der Waals surface area contributed by atoms with Gasteiger partial charge in [0.15, 0.2) is 37.0 Å². The van der Waals surface area contributed by atoms with Gasteiger partial charge in [-0.2, -0.15) is 0 Å². The number of nitrogens with one attached hydrogen (secondary N) is 5. The topological polar surface area (TPSA) is 495 Å². The summed E-state index contributed by atoms with van der Waals surface area (Å²) >= 11 is 9.89. The van der Waals surface area contributed by atoms with Gasteiger partial charge in [-0.05, 0) is 157 Å². The third-order valence-corrected chi connectivity index (χ3v) is 18.1. The van der Waals surface area contributed by atoms with Gasteiger partial charge in [-0.15, -0.1) is 24.0 Å². The summed E-state index contributed by atoms with van der Waals surface area (Å²) in [7, 11) is 4.53. The van der Waals surface area contributed by atoms with Crippen LogP contribution in [-0.4, -0.2) is 246 Å². The first-order chi connectivity index (χ1) is 53.0. The van der Waals surface area contributed by atoms with Crippen molar-refractivity contribution in [2.45, 2.75) is 197 Å². The molecule has 44 heteroatoms. The van der Waals surface area contributed by atoms with Crippen LogP contribution in [0.4, 0.5) is 19.2 Å². The molecule has 4 aliphatic heterocycles. The second kappa shape index (κ2) is 46.0. The van der Waals surface area contributed by atoms with Crippen LogP contribution in [0, 0.1) is 0 Å². The Morgan fingerprint density at radius 1 is 0.470 bits per heavy atom. The van der Waals surface area contributed by atoms with Gasteiger partial charge in [0.1, 0.15) is 40.3 Å². The predicted molar refractivity (Wildman–Crippen MR) is 448 cm³/mol. The number of aromatic carboxylic acids is 1. The van der Waals surface area contributed by atoms with E-state index < -0.39 is 89.7 Å². The van der Waals surface area contributed by atoms with Gasteiger partial charge in [0.05, 0.1) is 62.1 Å².